The van der Waals surface area contributed by atoms with Crippen LogP contribution < -0.4 is 5.32 Å². The molecule has 2 rings (SSSR count). The fourth-order valence-electron chi connectivity index (χ4n) is 2.16. The van der Waals surface area contributed by atoms with Crippen LogP contribution in [0.5, 0.6) is 0 Å². The third kappa shape index (κ3) is 4.98. The van der Waals surface area contributed by atoms with E-state index in [1.807, 2.05) is 26.8 Å². The summed E-state index contributed by atoms with van der Waals surface area (Å²) in [6, 6.07) is 1.88. The van der Waals surface area contributed by atoms with E-state index in [4.69, 9.17) is 0 Å². The maximum atomic E-state index is 12.3. The summed E-state index contributed by atoms with van der Waals surface area (Å²) in [7, 11) is -0.669. The molecule has 1 aromatic rings. The van der Waals surface area contributed by atoms with E-state index in [2.05, 4.69) is 32.3 Å². The summed E-state index contributed by atoms with van der Waals surface area (Å²) in [4.78, 5) is 16.6. The Labute approximate surface area is 148 Å². The highest BCUT2D eigenvalue weighted by Gasteiger charge is 2.25. The van der Waals surface area contributed by atoms with Gasteiger partial charge in [0.1, 0.15) is 5.82 Å². The number of nitrogens with zero attached hydrogens (tertiary/aromatic N) is 1. The predicted molar refractivity (Wildman–Crippen MR) is 99.7 cm³/mol. The summed E-state index contributed by atoms with van der Waals surface area (Å²) >= 11 is 3.51. The molecule has 0 saturated carbocycles. The number of rotatable bonds is 4. The maximum Gasteiger partial charge on any atom is 0.231 e. The monoisotopic (exact) mass is 398 g/mol. The summed E-state index contributed by atoms with van der Waals surface area (Å²) in [6.45, 7) is 5.84. The Bertz CT molecular complexity index is 644. The second kappa shape index (κ2) is 7.71. The molecule has 126 valence electrons. The Morgan fingerprint density at radius 3 is 2.70 bits per heavy atom. The molecule has 1 aliphatic heterocycles. The van der Waals surface area contributed by atoms with Crippen LogP contribution in [-0.4, -0.2) is 26.6 Å². The molecule has 4 nitrogen and oxygen atoms in total. The third-order valence-corrected chi connectivity index (χ3v) is 6.27. The van der Waals surface area contributed by atoms with E-state index in [0.29, 0.717) is 5.82 Å². The summed E-state index contributed by atoms with van der Waals surface area (Å²) in [5.74, 6) is 2.01. The van der Waals surface area contributed by atoms with E-state index in [0.717, 1.165) is 40.8 Å². The zero-order chi connectivity index (χ0) is 17.0. The second-order valence-electron chi connectivity index (χ2n) is 6.43. The number of hydrogen-bond donors (Lipinski definition) is 1. The van der Waals surface area contributed by atoms with Crippen molar-refractivity contribution < 1.29 is 9.00 Å². The van der Waals surface area contributed by atoms with Crippen LogP contribution in [0.2, 0.25) is 0 Å². The standard InChI is InChI=1S/C17H23BrN2O2S/c1-4-17(2,3)16(21)20-15-10-13(14(18)11-19-15)9-12-5-7-23(22)8-6-12/h9-11H,4-8H2,1-3H3,(H,19,20,21). The molecule has 2 heterocycles. The van der Waals surface area contributed by atoms with Crippen molar-refractivity contribution in [3.05, 3.63) is 27.9 Å². The number of hydrogen-bond acceptors (Lipinski definition) is 3. The number of halogens is 1. The van der Waals surface area contributed by atoms with Gasteiger partial charge in [0.05, 0.1) is 0 Å². The fraction of sp³-hybridized carbons (Fsp3) is 0.529. The molecule has 1 aliphatic rings. The van der Waals surface area contributed by atoms with Gasteiger partial charge in [-0.15, -0.1) is 0 Å². The normalized spacial score (nSPS) is 18.6. The fourth-order valence-corrected chi connectivity index (χ4v) is 3.68. The van der Waals surface area contributed by atoms with Crippen molar-refractivity contribution in [2.24, 2.45) is 5.41 Å². The average molecular weight is 399 g/mol. The number of amides is 1. The highest BCUT2D eigenvalue weighted by molar-refractivity contribution is 9.10. The average Bonchev–Trinajstić information content (AvgIpc) is 2.52. The van der Waals surface area contributed by atoms with Crippen LogP contribution in [-0.2, 0) is 15.6 Å². The maximum absolute atomic E-state index is 12.3. The Balaban J connectivity index is 2.18. The molecule has 0 unspecified atom stereocenters. The van der Waals surface area contributed by atoms with Gasteiger partial charge < -0.3 is 5.32 Å². The first-order chi connectivity index (χ1) is 10.8. The van der Waals surface area contributed by atoms with Gasteiger partial charge in [0, 0.05) is 38.4 Å². The molecule has 1 aromatic heterocycles. The summed E-state index contributed by atoms with van der Waals surface area (Å²) < 4.78 is 12.3. The van der Waals surface area contributed by atoms with Crippen LogP contribution in [0.15, 0.2) is 22.3 Å². The van der Waals surface area contributed by atoms with Crippen LogP contribution in [0.25, 0.3) is 6.08 Å². The molecule has 23 heavy (non-hydrogen) atoms. The smallest absolute Gasteiger partial charge is 0.231 e. The van der Waals surface area contributed by atoms with Crippen LogP contribution in [0.4, 0.5) is 5.82 Å². The minimum Gasteiger partial charge on any atom is -0.310 e. The van der Waals surface area contributed by atoms with E-state index < -0.39 is 16.2 Å². The van der Waals surface area contributed by atoms with Crippen LogP contribution in [0, 0.1) is 5.41 Å². The van der Waals surface area contributed by atoms with Crippen molar-refractivity contribution in [3.63, 3.8) is 0 Å². The lowest BCUT2D eigenvalue weighted by Crippen LogP contribution is -2.30. The zero-order valence-corrected chi connectivity index (χ0v) is 16.2. The Kier molecular flexibility index (Phi) is 6.14. The molecular formula is C17H23BrN2O2S. The van der Waals surface area contributed by atoms with Gasteiger partial charge in [-0.1, -0.05) is 32.4 Å². The van der Waals surface area contributed by atoms with E-state index in [1.54, 1.807) is 6.20 Å². The van der Waals surface area contributed by atoms with Gasteiger partial charge in [-0.3, -0.25) is 9.00 Å². The molecule has 1 amide bonds. The molecule has 1 fully saturated rings. The van der Waals surface area contributed by atoms with Gasteiger partial charge in [0.15, 0.2) is 0 Å². The molecule has 0 aliphatic carbocycles. The molecule has 6 heteroatoms. The van der Waals surface area contributed by atoms with Crippen LogP contribution in [0.1, 0.15) is 45.6 Å². The summed E-state index contributed by atoms with van der Waals surface area (Å²) in [5.41, 5.74) is 1.87. The number of carbonyl (C=O) groups excluding carboxylic acids is 1. The van der Waals surface area contributed by atoms with E-state index in [-0.39, 0.29) is 5.91 Å². The van der Waals surface area contributed by atoms with Crippen molar-refractivity contribution in [3.8, 4) is 0 Å². The first kappa shape index (κ1) is 18.3. The first-order valence-electron chi connectivity index (χ1n) is 7.83. The summed E-state index contributed by atoms with van der Waals surface area (Å²) in [5, 5.41) is 2.90. The largest absolute Gasteiger partial charge is 0.310 e. The number of nitrogens with one attached hydrogen (secondary N) is 1. The van der Waals surface area contributed by atoms with Crippen molar-refractivity contribution in [2.45, 2.75) is 40.0 Å². The molecule has 0 radical (unpaired) electrons. The minimum absolute atomic E-state index is 0.0264. The number of anilines is 1. The Morgan fingerprint density at radius 1 is 1.43 bits per heavy atom. The van der Waals surface area contributed by atoms with Gasteiger partial charge in [-0.05, 0) is 46.8 Å². The van der Waals surface area contributed by atoms with Gasteiger partial charge >= 0.3 is 0 Å². The zero-order valence-electron chi connectivity index (χ0n) is 13.8. The van der Waals surface area contributed by atoms with Crippen molar-refractivity contribution in [2.75, 3.05) is 16.8 Å². The Morgan fingerprint density at radius 2 is 2.09 bits per heavy atom. The van der Waals surface area contributed by atoms with Gasteiger partial charge in [-0.2, -0.15) is 0 Å². The van der Waals surface area contributed by atoms with Gasteiger partial charge in [0.2, 0.25) is 5.91 Å². The summed E-state index contributed by atoms with van der Waals surface area (Å²) in [6.07, 6.45) is 6.33. The molecule has 1 saturated heterocycles. The highest BCUT2D eigenvalue weighted by Crippen LogP contribution is 2.27. The lowest BCUT2D eigenvalue weighted by atomic mass is 9.89. The van der Waals surface area contributed by atoms with Crippen LogP contribution in [0.3, 0.4) is 0 Å². The molecule has 0 bridgehead atoms. The molecular weight excluding hydrogens is 376 g/mol. The van der Waals surface area contributed by atoms with Crippen molar-refractivity contribution in [1.82, 2.24) is 4.98 Å². The van der Waals surface area contributed by atoms with E-state index in [9.17, 15) is 9.00 Å². The Hall–Kier alpha value is -1.01. The lowest BCUT2D eigenvalue weighted by Gasteiger charge is -2.21. The van der Waals surface area contributed by atoms with Gasteiger partial charge in [0.25, 0.3) is 0 Å². The van der Waals surface area contributed by atoms with Gasteiger partial charge in [-0.25, -0.2) is 4.98 Å². The molecule has 1 N–H and O–H groups in total. The quantitative estimate of drug-likeness (QED) is 0.828. The number of pyridine rings is 1. The SMILES string of the molecule is CCC(C)(C)C(=O)Nc1cc(C=C2CCS(=O)CC2)c(Br)cn1. The molecule has 0 aromatic carbocycles. The van der Waals surface area contributed by atoms with E-state index >= 15 is 0 Å². The van der Waals surface area contributed by atoms with E-state index in [1.165, 1.54) is 5.57 Å². The minimum atomic E-state index is -0.669. The highest BCUT2D eigenvalue weighted by atomic mass is 79.9. The van der Waals surface area contributed by atoms with Crippen molar-refractivity contribution in [1.29, 1.82) is 0 Å². The van der Waals surface area contributed by atoms with Crippen molar-refractivity contribution >= 4 is 44.5 Å². The number of carbonyl (C=O) groups is 1. The third-order valence-electron chi connectivity index (χ3n) is 4.29. The lowest BCUT2D eigenvalue weighted by molar-refractivity contribution is -0.124. The molecule has 0 atom stereocenters. The predicted octanol–water partition coefficient (Wildman–Crippen LogP) is 4.14. The number of aromatic nitrogens is 1. The topological polar surface area (TPSA) is 59.1 Å². The second-order valence-corrected chi connectivity index (χ2v) is 8.98. The number of allylic oxidation sites excluding steroid dienone is 1. The molecule has 0 spiro atoms. The van der Waals surface area contributed by atoms with Crippen LogP contribution >= 0.6 is 15.9 Å². The first-order valence-corrected chi connectivity index (χ1v) is 10.1.